The fourth-order valence-corrected chi connectivity index (χ4v) is 2.77. The summed E-state index contributed by atoms with van der Waals surface area (Å²) in [5.74, 6) is 0.959. The number of thioether (sulfide) groups is 1. The molecule has 0 fully saturated rings. The Morgan fingerprint density at radius 3 is 3.19 bits per heavy atom. The van der Waals surface area contributed by atoms with Gasteiger partial charge in [-0.05, 0) is 6.26 Å². The van der Waals surface area contributed by atoms with Crippen molar-refractivity contribution in [3.8, 4) is 0 Å². The first-order chi connectivity index (χ1) is 10.2. The average Bonchev–Trinajstić information content (AvgIpc) is 3.05. The first-order valence-electron chi connectivity index (χ1n) is 6.49. The normalized spacial score (nSPS) is 15.1. The lowest BCUT2D eigenvalue weighted by Crippen LogP contribution is -2.30. The van der Waals surface area contributed by atoms with Crippen LogP contribution >= 0.6 is 11.8 Å². The lowest BCUT2D eigenvalue weighted by atomic mass is 10.1. The van der Waals surface area contributed by atoms with Gasteiger partial charge in [-0.25, -0.2) is 4.79 Å². The zero-order valence-corrected chi connectivity index (χ0v) is 12.3. The van der Waals surface area contributed by atoms with Crippen LogP contribution in [-0.2, 0) is 25.3 Å². The summed E-state index contributed by atoms with van der Waals surface area (Å²) in [4.78, 5) is 17.5. The molecule has 8 nitrogen and oxygen atoms in total. The number of carboxylic acid groups (broad SMARTS) is 1. The lowest BCUT2D eigenvalue weighted by molar-refractivity contribution is 0.0687. The van der Waals surface area contributed by atoms with Crippen LogP contribution in [0, 0.1) is 0 Å². The molecule has 1 aliphatic heterocycles. The van der Waals surface area contributed by atoms with E-state index in [1.54, 1.807) is 11.8 Å². The van der Waals surface area contributed by atoms with Crippen molar-refractivity contribution in [3.05, 3.63) is 28.7 Å². The molecule has 9 heteroatoms. The molecule has 0 atom stereocenters. The average molecular weight is 309 g/mol. The number of rotatable bonds is 5. The quantitative estimate of drug-likeness (QED) is 0.839. The number of nitrogens with one attached hydrogen (secondary N) is 1. The van der Waals surface area contributed by atoms with Crippen LogP contribution in [0.3, 0.4) is 0 Å². The van der Waals surface area contributed by atoms with Gasteiger partial charge in [0, 0.05) is 30.8 Å². The molecule has 0 aliphatic carbocycles. The summed E-state index contributed by atoms with van der Waals surface area (Å²) in [7, 11) is 0. The van der Waals surface area contributed by atoms with Crippen LogP contribution in [0.2, 0.25) is 0 Å². The molecule has 112 valence electrons. The molecule has 2 aromatic heterocycles. The third-order valence-corrected chi connectivity index (χ3v) is 3.90. The summed E-state index contributed by atoms with van der Waals surface area (Å²) in [6.45, 7) is 1.84. The molecule has 1 aliphatic rings. The van der Waals surface area contributed by atoms with Crippen molar-refractivity contribution in [2.24, 2.45) is 0 Å². The number of H-pyrrole nitrogens is 1. The number of carbonyl (C=O) groups is 1. The Kier molecular flexibility index (Phi) is 3.93. The number of aromatic carboxylic acids is 1. The molecule has 21 heavy (non-hydrogen) atoms. The first kappa shape index (κ1) is 14.1. The minimum atomic E-state index is -1.01. The summed E-state index contributed by atoms with van der Waals surface area (Å²) in [6, 6.07) is 0. The van der Waals surface area contributed by atoms with Gasteiger partial charge in [0.15, 0.2) is 11.5 Å². The van der Waals surface area contributed by atoms with E-state index in [0.29, 0.717) is 24.8 Å². The SMILES string of the molecule is CSCc1noc(CN2CCc3[nH]nc(C(=O)O)c3C2)n1. The molecule has 0 saturated carbocycles. The highest BCUT2D eigenvalue weighted by Gasteiger charge is 2.26. The van der Waals surface area contributed by atoms with Crippen molar-refractivity contribution in [3.63, 3.8) is 0 Å². The Balaban J connectivity index is 1.70. The van der Waals surface area contributed by atoms with Gasteiger partial charge in [-0.3, -0.25) is 10.00 Å². The predicted molar refractivity (Wildman–Crippen MR) is 74.9 cm³/mol. The molecule has 0 unspecified atom stereocenters. The van der Waals surface area contributed by atoms with Crippen LogP contribution in [0.5, 0.6) is 0 Å². The van der Waals surface area contributed by atoms with Crippen molar-refractivity contribution in [1.82, 2.24) is 25.2 Å². The molecule has 0 spiro atoms. The maximum atomic E-state index is 11.1. The van der Waals surface area contributed by atoms with Crippen LogP contribution in [0.1, 0.15) is 33.5 Å². The topological polar surface area (TPSA) is 108 Å². The van der Waals surface area contributed by atoms with Crippen LogP contribution in [0.25, 0.3) is 0 Å². The van der Waals surface area contributed by atoms with Gasteiger partial charge >= 0.3 is 5.97 Å². The Morgan fingerprint density at radius 1 is 1.57 bits per heavy atom. The number of fused-ring (bicyclic) bond motifs is 1. The van der Waals surface area contributed by atoms with Gasteiger partial charge in [-0.15, -0.1) is 0 Å². The highest BCUT2D eigenvalue weighted by atomic mass is 32.2. The van der Waals surface area contributed by atoms with E-state index in [0.717, 1.165) is 30.0 Å². The van der Waals surface area contributed by atoms with Crippen molar-refractivity contribution in [2.45, 2.75) is 25.3 Å². The molecule has 0 saturated heterocycles. The molecule has 2 N–H and O–H groups in total. The Morgan fingerprint density at radius 2 is 2.43 bits per heavy atom. The monoisotopic (exact) mass is 309 g/mol. The van der Waals surface area contributed by atoms with Crippen LogP contribution in [-0.4, -0.2) is 49.1 Å². The molecule has 3 rings (SSSR count). The van der Waals surface area contributed by atoms with Crippen molar-refractivity contribution in [1.29, 1.82) is 0 Å². The third kappa shape index (κ3) is 2.93. The Hall–Kier alpha value is -1.87. The first-order valence-corrected chi connectivity index (χ1v) is 7.89. The van der Waals surface area contributed by atoms with Gasteiger partial charge in [-0.2, -0.15) is 21.8 Å². The molecule has 3 heterocycles. The number of aromatic nitrogens is 4. The fraction of sp³-hybridized carbons (Fsp3) is 0.500. The van der Waals surface area contributed by atoms with E-state index in [-0.39, 0.29) is 5.69 Å². The summed E-state index contributed by atoms with van der Waals surface area (Å²) in [5.41, 5.74) is 1.75. The van der Waals surface area contributed by atoms with E-state index in [1.807, 2.05) is 6.26 Å². The number of nitrogens with zero attached hydrogens (tertiary/aromatic N) is 4. The Bertz CT molecular complexity index is 653. The fourth-order valence-electron chi connectivity index (χ4n) is 2.40. The summed E-state index contributed by atoms with van der Waals surface area (Å²) in [5, 5.41) is 19.7. The van der Waals surface area contributed by atoms with Crippen molar-refractivity contribution in [2.75, 3.05) is 12.8 Å². The highest BCUT2D eigenvalue weighted by Crippen LogP contribution is 2.21. The zero-order chi connectivity index (χ0) is 14.8. The van der Waals surface area contributed by atoms with Gasteiger partial charge in [0.25, 0.3) is 0 Å². The molecular formula is C12H15N5O3S. The third-order valence-electron chi connectivity index (χ3n) is 3.36. The number of aromatic amines is 1. The smallest absolute Gasteiger partial charge is 0.356 e. The van der Waals surface area contributed by atoms with Crippen LogP contribution in [0.15, 0.2) is 4.52 Å². The van der Waals surface area contributed by atoms with Gasteiger partial charge in [-0.1, -0.05) is 5.16 Å². The van der Waals surface area contributed by atoms with Crippen LogP contribution in [0.4, 0.5) is 0 Å². The molecule has 2 aromatic rings. The summed E-state index contributed by atoms with van der Waals surface area (Å²) < 4.78 is 5.21. The van der Waals surface area contributed by atoms with Gasteiger partial charge in [0.1, 0.15) is 0 Å². The molecular weight excluding hydrogens is 294 g/mol. The van der Waals surface area contributed by atoms with E-state index in [4.69, 9.17) is 9.63 Å². The minimum absolute atomic E-state index is 0.100. The standard InChI is InChI=1S/C12H15N5O3S/c1-21-6-9-13-10(20-16-9)5-17-3-2-8-7(4-17)11(12(18)19)15-14-8/h2-6H2,1H3,(H,14,15)(H,18,19). The van der Waals surface area contributed by atoms with Crippen molar-refractivity contribution >= 4 is 17.7 Å². The Labute approximate surface area is 124 Å². The van der Waals surface area contributed by atoms with E-state index in [2.05, 4.69) is 25.2 Å². The number of hydrogen-bond donors (Lipinski definition) is 2. The molecule has 0 aromatic carbocycles. The van der Waals surface area contributed by atoms with Crippen LogP contribution < -0.4 is 0 Å². The van der Waals surface area contributed by atoms with E-state index < -0.39 is 5.97 Å². The maximum absolute atomic E-state index is 11.1. The van der Waals surface area contributed by atoms with Gasteiger partial charge in [0.05, 0.1) is 12.3 Å². The molecule has 0 bridgehead atoms. The second kappa shape index (κ2) is 5.86. The minimum Gasteiger partial charge on any atom is -0.476 e. The second-order valence-electron chi connectivity index (χ2n) is 4.83. The number of hydrogen-bond acceptors (Lipinski definition) is 7. The van der Waals surface area contributed by atoms with Crippen molar-refractivity contribution < 1.29 is 14.4 Å². The molecule has 0 radical (unpaired) electrons. The maximum Gasteiger partial charge on any atom is 0.356 e. The van der Waals surface area contributed by atoms with E-state index >= 15 is 0 Å². The van der Waals surface area contributed by atoms with E-state index in [1.165, 1.54) is 0 Å². The van der Waals surface area contributed by atoms with Gasteiger partial charge < -0.3 is 9.63 Å². The predicted octanol–water partition coefficient (Wildman–Crippen LogP) is 0.912. The summed E-state index contributed by atoms with van der Waals surface area (Å²) in [6.07, 6.45) is 2.72. The zero-order valence-electron chi connectivity index (χ0n) is 11.5. The van der Waals surface area contributed by atoms with Gasteiger partial charge in [0.2, 0.25) is 5.89 Å². The second-order valence-corrected chi connectivity index (χ2v) is 5.70. The molecule has 0 amide bonds. The lowest BCUT2D eigenvalue weighted by Gasteiger charge is -2.24. The largest absolute Gasteiger partial charge is 0.476 e. The summed E-state index contributed by atoms with van der Waals surface area (Å²) >= 11 is 1.63. The highest BCUT2D eigenvalue weighted by molar-refractivity contribution is 7.97. The van der Waals surface area contributed by atoms with E-state index in [9.17, 15) is 4.79 Å². The number of carboxylic acids is 1.